The number of rotatable bonds is 6. The molecule has 0 saturated heterocycles. The molecule has 0 radical (unpaired) electrons. The highest BCUT2D eigenvalue weighted by Gasteiger charge is 2.07. The van der Waals surface area contributed by atoms with Crippen LogP contribution in [0.25, 0.3) is 10.4 Å². The second kappa shape index (κ2) is 6.72. The molecule has 0 fully saturated rings. The van der Waals surface area contributed by atoms with Crippen molar-refractivity contribution in [3.8, 4) is 10.4 Å². The van der Waals surface area contributed by atoms with E-state index in [9.17, 15) is 4.39 Å². The molecule has 0 atom stereocenters. The Bertz CT molecular complexity index is 753. The van der Waals surface area contributed by atoms with Crippen molar-refractivity contribution in [2.45, 2.75) is 13.1 Å². The van der Waals surface area contributed by atoms with E-state index in [4.69, 9.17) is 5.11 Å². The molecular formula is C16H16FN3OS. The number of hydrogen-bond acceptors (Lipinski definition) is 4. The van der Waals surface area contributed by atoms with Crippen LogP contribution in [0.2, 0.25) is 0 Å². The van der Waals surface area contributed by atoms with Crippen molar-refractivity contribution in [3.63, 3.8) is 0 Å². The van der Waals surface area contributed by atoms with Gasteiger partial charge in [-0.1, -0.05) is 18.2 Å². The third kappa shape index (κ3) is 3.35. The minimum absolute atomic E-state index is 0.0675. The fourth-order valence-corrected chi connectivity index (χ4v) is 3.12. The van der Waals surface area contributed by atoms with Crippen molar-refractivity contribution in [2.24, 2.45) is 0 Å². The van der Waals surface area contributed by atoms with Crippen LogP contribution in [0, 0.1) is 5.82 Å². The average Bonchev–Trinajstić information content (AvgIpc) is 3.15. The van der Waals surface area contributed by atoms with Crippen LogP contribution in [0.3, 0.4) is 0 Å². The zero-order valence-electron chi connectivity index (χ0n) is 11.9. The number of aliphatic hydroxyl groups excluding tert-OH is 1. The lowest BCUT2D eigenvalue weighted by Gasteiger charge is -2.01. The first-order valence-corrected chi connectivity index (χ1v) is 7.79. The van der Waals surface area contributed by atoms with Crippen molar-refractivity contribution in [1.82, 2.24) is 9.78 Å². The maximum Gasteiger partial charge on any atom is 0.131 e. The molecule has 2 aromatic heterocycles. The third-order valence-corrected chi connectivity index (χ3v) is 4.35. The Kier molecular flexibility index (Phi) is 4.50. The van der Waals surface area contributed by atoms with E-state index < -0.39 is 0 Å². The van der Waals surface area contributed by atoms with E-state index >= 15 is 0 Å². The van der Waals surface area contributed by atoms with Crippen LogP contribution in [0.5, 0.6) is 0 Å². The fraction of sp³-hybridized carbons (Fsp3) is 0.188. The number of thiophene rings is 1. The number of nitrogens with zero attached hydrogens (tertiary/aromatic N) is 2. The maximum atomic E-state index is 13.8. The zero-order chi connectivity index (χ0) is 15.4. The van der Waals surface area contributed by atoms with Gasteiger partial charge in [-0.25, -0.2) is 4.39 Å². The predicted octanol–water partition coefficient (Wildman–Crippen LogP) is 3.36. The normalized spacial score (nSPS) is 10.8. The summed E-state index contributed by atoms with van der Waals surface area (Å²) in [5, 5.41) is 16.3. The lowest BCUT2D eigenvalue weighted by atomic mass is 10.2. The molecule has 114 valence electrons. The molecule has 2 heterocycles. The van der Waals surface area contributed by atoms with E-state index in [1.807, 2.05) is 24.4 Å². The Morgan fingerprint density at radius 1 is 1.23 bits per heavy atom. The van der Waals surface area contributed by atoms with Crippen LogP contribution >= 0.6 is 11.3 Å². The number of halogens is 1. The number of benzene rings is 1. The number of hydrogen-bond donors (Lipinski definition) is 2. The van der Waals surface area contributed by atoms with Crippen molar-refractivity contribution < 1.29 is 9.50 Å². The fourth-order valence-electron chi connectivity index (χ4n) is 2.15. The summed E-state index contributed by atoms with van der Waals surface area (Å²) in [5.74, 6) is -0.200. The summed E-state index contributed by atoms with van der Waals surface area (Å²) in [6, 6.07) is 10.7. The highest BCUT2D eigenvalue weighted by molar-refractivity contribution is 7.15. The monoisotopic (exact) mass is 317 g/mol. The molecule has 0 aliphatic rings. The molecule has 3 aromatic rings. The molecule has 1 aromatic carbocycles. The van der Waals surface area contributed by atoms with E-state index in [1.54, 1.807) is 34.3 Å². The summed E-state index contributed by atoms with van der Waals surface area (Å²) in [7, 11) is 0. The first-order chi connectivity index (χ1) is 10.8. The largest absolute Gasteiger partial charge is 0.394 e. The topological polar surface area (TPSA) is 50.1 Å². The Morgan fingerprint density at radius 2 is 2.09 bits per heavy atom. The minimum Gasteiger partial charge on any atom is -0.394 e. The SMILES string of the molecule is OCCn1cc(NCc2ccc(-c3ccccc3F)s2)cn1. The first kappa shape index (κ1) is 14.7. The van der Waals surface area contributed by atoms with Crippen LogP contribution in [0.4, 0.5) is 10.1 Å². The van der Waals surface area contributed by atoms with Gasteiger partial charge in [0.05, 0.1) is 25.0 Å². The summed E-state index contributed by atoms with van der Waals surface area (Å²) in [5.41, 5.74) is 1.53. The van der Waals surface area contributed by atoms with Gasteiger partial charge in [0, 0.05) is 28.1 Å². The van der Waals surface area contributed by atoms with Crippen LogP contribution in [-0.4, -0.2) is 21.5 Å². The molecule has 0 bridgehead atoms. The molecule has 0 saturated carbocycles. The van der Waals surface area contributed by atoms with Gasteiger partial charge in [0.25, 0.3) is 0 Å². The summed E-state index contributed by atoms with van der Waals surface area (Å²) in [6.45, 7) is 1.21. The van der Waals surface area contributed by atoms with Crippen molar-refractivity contribution in [3.05, 3.63) is 59.5 Å². The standard InChI is InChI=1S/C16H16FN3OS/c17-15-4-2-1-3-14(15)16-6-5-13(22-16)10-18-12-9-19-20(11-12)7-8-21/h1-6,9,11,18,21H,7-8,10H2. The third-order valence-electron chi connectivity index (χ3n) is 3.23. The molecule has 4 nitrogen and oxygen atoms in total. The van der Waals surface area contributed by atoms with Gasteiger partial charge in [-0.05, 0) is 18.2 Å². The van der Waals surface area contributed by atoms with Crippen LogP contribution in [0.1, 0.15) is 4.88 Å². The quantitative estimate of drug-likeness (QED) is 0.733. The smallest absolute Gasteiger partial charge is 0.131 e. The second-order valence-corrected chi connectivity index (χ2v) is 5.98. The molecule has 2 N–H and O–H groups in total. The van der Waals surface area contributed by atoms with Crippen molar-refractivity contribution in [1.29, 1.82) is 0 Å². The molecule has 0 aliphatic heterocycles. The maximum absolute atomic E-state index is 13.8. The molecule has 3 rings (SSSR count). The molecule has 0 unspecified atom stereocenters. The van der Waals surface area contributed by atoms with E-state index in [-0.39, 0.29) is 12.4 Å². The zero-order valence-corrected chi connectivity index (χ0v) is 12.7. The number of anilines is 1. The highest BCUT2D eigenvalue weighted by Crippen LogP contribution is 2.30. The number of aliphatic hydroxyl groups is 1. The molecule has 22 heavy (non-hydrogen) atoms. The Labute approximate surface area is 131 Å². The van der Waals surface area contributed by atoms with Gasteiger partial charge in [-0.15, -0.1) is 11.3 Å². The van der Waals surface area contributed by atoms with E-state index in [2.05, 4.69) is 10.4 Å². The molecule has 0 amide bonds. The van der Waals surface area contributed by atoms with E-state index in [1.165, 1.54) is 6.07 Å². The summed E-state index contributed by atoms with van der Waals surface area (Å²) in [4.78, 5) is 2.04. The first-order valence-electron chi connectivity index (χ1n) is 6.97. The lowest BCUT2D eigenvalue weighted by molar-refractivity contribution is 0.269. The number of nitrogens with one attached hydrogen (secondary N) is 1. The Morgan fingerprint density at radius 3 is 2.91 bits per heavy atom. The van der Waals surface area contributed by atoms with Crippen LogP contribution in [-0.2, 0) is 13.1 Å². The Balaban J connectivity index is 1.65. The van der Waals surface area contributed by atoms with Gasteiger partial charge in [-0.2, -0.15) is 5.10 Å². The summed E-state index contributed by atoms with van der Waals surface area (Å²) in [6.07, 6.45) is 3.57. The molecule has 0 spiro atoms. The van der Waals surface area contributed by atoms with E-state index in [0.29, 0.717) is 18.7 Å². The van der Waals surface area contributed by atoms with Gasteiger partial charge >= 0.3 is 0 Å². The average molecular weight is 317 g/mol. The Hall–Kier alpha value is -2.18. The highest BCUT2D eigenvalue weighted by atomic mass is 32.1. The molecule has 0 aliphatic carbocycles. The summed E-state index contributed by atoms with van der Waals surface area (Å²) < 4.78 is 15.5. The van der Waals surface area contributed by atoms with Gasteiger partial charge in [0.1, 0.15) is 5.82 Å². The lowest BCUT2D eigenvalue weighted by Crippen LogP contribution is -2.01. The van der Waals surface area contributed by atoms with Gasteiger partial charge in [0.2, 0.25) is 0 Å². The number of aromatic nitrogens is 2. The van der Waals surface area contributed by atoms with Gasteiger partial charge < -0.3 is 10.4 Å². The minimum atomic E-state index is -0.200. The second-order valence-electron chi connectivity index (χ2n) is 4.82. The predicted molar refractivity (Wildman–Crippen MR) is 86.4 cm³/mol. The van der Waals surface area contributed by atoms with Gasteiger partial charge in [0.15, 0.2) is 0 Å². The van der Waals surface area contributed by atoms with Crippen LogP contribution < -0.4 is 5.32 Å². The summed E-state index contributed by atoms with van der Waals surface area (Å²) >= 11 is 1.57. The molecular weight excluding hydrogens is 301 g/mol. The molecule has 6 heteroatoms. The van der Waals surface area contributed by atoms with Crippen molar-refractivity contribution in [2.75, 3.05) is 11.9 Å². The van der Waals surface area contributed by atoms with Gasteiger partial charge in [-0.3, -0.25) is 4.68 Å². The van der Waals surface area contributed by atoms with Crippen molar-refractivity contribution >= 4 is 17.0 Å². The van der Waals surface area contributed by atoms with E-state index in [0.717, 1.165) is 15.4 Å². The van der Waals surface area contributed by atoms with Crippen LogP contribution in [0.15, 0.2) is 48.8 Å².